The van der Waals surface area contributed by atoms with Gasteiger partial charge in [0.25, 0.3) is 5.91 Å². The Balaban J connectivity index is 2.32. The van der Waals surface area contributed by atoms with Gasteiger partial charge < -0.3 is 21.1 Å². The van der Waals surface area contributed by atoms with E-state index in [9.17, 15) is 19.2 Å². The normalized spacial score (nSPS) is 9.35. The fourth-order valence-corrected chi connectivity index (χ4v) is 1.46. The maximum Gasteiger partial charge on any atom is 0.322 e. The van der Waals surface area contributed by atoms with Crippen molar-refractivity contribution in [2.75, 3.05) is 19.6 Å². The number of hydrogen-bond donors (Lipinski definition) is 4. The van der Waals surface area contributed by atoms with Crippen LogP contribution in [0.1, 0.15) is 15.9 Å². The fraction of sp³-hybridized carbons (Fsp3) is 0.200. The summed E-state index contributed by atoms with van der Waals surface area (Å²) in [6.07, 6.45) is 5.20. The maximum atomic E-state index is 11.8. The Labute approximate surface area is 132 Å². The van der Waals surface area contributed by atoms with Gasteiger partial charge in [0.15, 0.2) is 0 Å². The Morgan fingerprint density at radius 3 is 1.96 bits per heavy atom. The van der Waals surface area contributed by atoms with Gasteiger partial charge >= 0.3 is 5.97 Å². The van der Waals surface area contributed by atoms with Gasteiger partial charge in [-0.2, -0.15) is 0 Å². The Morgan fingerprint density at radius 2 is 1.43 bits per heavy atom. The minimum Gasteiger partial charge on any atom is -0.480 e. The predicted molar refractivity (Wildman–Crippen MR) is 80.4 cm³/mol. The van der Waals surface area contributed by atoms with E-state index in [1.807, 2.05) is 0 Å². The number of aliphatic carboxylic acids is 1. The van der Waals surface area contributed by atoms with Gasteiger partial charge in [-0.25, -0.2) is 0 Å². The van der Waals surface area contributed by atoms with Gasteiger partial charge in [0.1, 0.15) is 6.54 Å². The highest BCUT2D eigenvalue weighted by molar-refractivity contribution is 5.97. The molecule has 0 unspecified atom stereocenters. The summed E-state index contributed by atoms with van der Waals surface area (Å²) in [5.41, 5.74) is 0.975. The second-order valence-electron chi connectivity index (χ2n) is 4.35. The van der Waals surface area contributed by atoms with Gasteiger partial charge in [0.05, 0.1) is 13.1 Å². The highest BCUT2D eigenvalue weighted by Gasteiger charge is 2.09. The zero-order chi connectivity index (χ0) is 17.2. The van der Waals surface area contributed by atoms with E-state index in [4.69, 9.17) is 11.5 Å². The van der Waals surface area contributed by atoms with E-state index in [0.717, 1.165) is 0 Å². The van der Waals surface area contributed by atoms with Gasteiger partial charge in [-0.3, -0.25) is 19.2 Å². The molecule has 0 saturated carbocycles. The predicted octanol–water partition coefficient (Wildman–Crippen LogP) is -1.29. The Kier molecular flexibility index (Phi) is 6.81. The van der Waals surface area contributed by atoms with Crippen molar-refractivity contribution in [2.24, 2.45) is 0 Å². The number of carboxylic acids is 1. The van der Waals surface area contributed by atoms with Crippen molar-refractivity contribution in [1.82, 2.24) is 16.0 Å². The van der Waals surface area contributed by atoms with Crippen LogP contribution in [0, 0.1) is 12.3 Å². The van der Waals surface area contributed by atoms with Crippen LogP contribution < -0.4 is 16.0 Å². The summed E-state index contributed by atoms with van der Waals surface area (Å²) in [4.78, 5) is 44.7. The molecule has 0 aromatic heterocycles. The lowest BCUT2D eigenvalue weighted by molar-refractivity contribution is -0.137. The van der Waals surface area contributed by atoms with E-state index in [2.05, 4.69) is 21.9 Å². The van der Waals surface area contributed by atoms with Crippen LogP contribution in [-0.4, -0.2) is 48.4 Å². The Hall–Kier alpha value is -3.34. The molecule has 4 N–H and O–H groups in total. The average molecular weight is 317 g/mol. The number of amides is 3. The molecule has 8 nitrogen and oxygen atoms in total. The number of terminal acetylenes is 1. The lowest BCUT2D eigenvalue weighted by atomic mass is 10.1. The highest BCUT2D eigenvalue weighted by atomic mass is 16.4. The van der Waals surface area contributed by atoms with Crippen LogP contribution in [0.25, 0.3) is 0 Å². The van der Waals surface area contributed by atoms with E-state index < -0.39 is 30.2 Å². The fourth-order valence-electron chi connectivity index (χ4n) is 1.46. The molecule has 0 spiro atoms. The molecule has 3 amide bonds. The zero-order valence-electron chi connectivity index (χ0n) is 12.1. The molecule has 0 aliphatic carbocycles. The number of carboxylic acid groups (broad SMARTS) is 1. The summed E-state index contributed by atoms with van der Waals surface area (Å²) in [7, 11) is 0. The monoisotopic (exact) mass is 317 g/mol. The molecule has 0 aliphatic heterocycles. The molecular formula is C15H15N3O5. The minimum atomic E-state index is -1.19. The molecule has 0 atom stereocenters. The van der Waals surface area contributed by atoms with Crippen LogP contribution in [0.15, 0.2) is 24.3 Å². The van der Waals surface area contributed by atoms with Crippen LogP contribution in [0.5, 0.6) is 0 Å². The molecule has 23 heavy (non-hydrogen) atoms. The molecule has 1 aromatic rings. The largest absolute Gasteiger partial charge is 0.480 e. The molecular weight excluding hydrogens is 302 g/mol. The summed E-state index contributed by atoms with van der Waals surface area (Å²) in [5.74, 6) is -0.450. The van der Waals surface area contributed by atoms with Gasteiger partial charge in [-0.05, 0) is 24.3 Å². The molecule has 0 bridgehead atoms. The van der Waals surface area contributed by atoms with Crippen LogP contribution in [0.3, 0.4) is 0 Å². The quantitative estimate of drug-likeness (QED) is 0.466. The van der Waals surface area contributed by atoms with Crippen molar-refractivity contribution in [1.29, 1.82) is 0 Å². The number of rotatable bonds is 7. The first-order chi connectivity index (χ1) is 10.9. The smallest absolute Gasteiger partial charge is 0.322 e. The SMILES string of the molecule is C#Cc1ccc(C(=O)NCC(=O)NCC(=O)NCC(=O)O)cc1. The third-order valence-electron chi connectivity index (χ3n) is 2.61. The van der Waals surface area contributed by atoms with Crippen molar-refractivity contribution < 1.29 is 24.3 Å². The molecule has 1 rings (SSSR count). The van der Waals surface area contributed by atoms with Crippen LogP contribution in [-0.2, 0) is 14.4 Å². The van der Waals surface area contributed by atoms with Gasteiger partial charge in [0, 0.05) is 11.1 Å². The lowest BCUT2D eigenvalue weighted by Crippen LogP contribution is -2.42. The number of hydrogen-bond acceptors (Lipinski definition) is 4. The van der Waals surface area contributed by atoms with Crippen LogP contribution in [0.4, 0.5) is 0 Å². The molecule has 1 aromatic carbocycles. The molecule has 0 heterocycles. The summed E-state index contributed by atoms with van der Waals surface area (Å²) < 4.78 is 0. The van der Waals surface area contributed by atoms with Crippen molar-refractivity contribution in [3.63, 3.8) is 0 Å². The maximum absolute atomic E-state index is 11.8. The van der Waals surface area contributed by atoms with Gasteiger partial charge in [-0.1, -0.05) is 5.92 Å². The number of benzene rings is 1. The molecule has 0 aliphatic rings. The van der Waals surface area contributed by atoms with Crippen molar-refractivity contribution in [2.45, 2.75) is 0 Å². The number of carbonyl (C=O) groups is 4. The molecule has 0 fully saturated rings. The zero-order valence-corrected chi connectivity index (χ0v) is 12.1. The first-order valence-electron chi connectivity index (χ1n) is 6.52. The van der Waals surface area contributed by atoms with Crippen LogP contribution in [0.2, 0.25) is 0 Å². The van der Waals surface area contributed by atoms with Crippen molar-refractivity contribution in [3.8, 4) is 12.3 Å². The third kappa shape index (κ3) is 6.77. The van der Waals surface area contributed by atoms with Crippen molar-refractivity contribution >= 4 is 23.7 Å². The topological polar surface area (TPSA) is 125 Å². The summed E-state index contributed by atoms with van der Waals surface area (Å²) in [5, 5.41) is 15.1. The molecule has 8 heteroatoms. The summed E-state index contributed by atoms with van der Waals surface area (Å²) in [6.45, 7) is -1.22. The summed E-state index contributed by atoms with van der Waals surface area (Å²) >= 11 is 0. The first kappa shape index (κ1) is 17.7. The second-order valence-corrected chi connectivity index (χ2v) is 4.35. The molecule has 0 radical (unpaired) electrons. The van der Waals surface area contributed by atoms with Crippen LogP contribution >= 0.6 is 0 Å². The van der Waals surface area contributed by atoms with Gasteiger partial charge in [0.2, 0.25) is 11.8 Å². The third-order valence-corrected chi connectivity index (χ3v) is 2.61. The minimum absolute atomic E-state index is 0.318. The van der Waals surface area contributed by atoms with E-state index in [1.165, 1.54) is 12.1 Å². The van der Waals surface area contributed by atoms with Gasteiger partial charge in [-0.15, -0.1) is 6.42 Å². The number of nitrogens with one attached hydrogen (secondary N) is 3. The number of carbonyl (C=O) groups excluding carboxylic acids is 3. The Morgan fingerprint density at radius 1 is 0.913 bits per heavy atom. The summed E-state index contributed by atoms with van der Waals surface area (Å²) in [6, 6.07) is 6.26. The van der Waals surface area contributed by atoms with E-state index in [-0.39, 0.29) is 13.1 Å². The average Bonchev–Trinajstić information content (AvgIpc) is 2.55. The lowest BCUT2D eigenvalue weighted by Gasteiger charge is -2.07. The van der Waals surface area contributed by atoms with E-state index >= 15 is 0 Å². The standard InChI is InChI=1S/C15H15N3O5/c1-2-10-3-5-11(6-4-10)15(23)18-8-13(20)16-7-12(19)17-9-14(21)22/h1,3-6H,7-9H2,(H,16,20)(H,17,19)(H,18,23)(H,21,22). The van der Waals surface area contributed by atoms with E-state index in [1.54, 1.807) is 12.1 Å². The van der Waals surface area contributed by atoms with E-state index in [0.29, 0.717) is 11.1 Å². The first-order valence-corrected chi connectivity index (χ1v) is 6.52. The van der Waals surface area contributed by atoms with Crippen molar-refractivity contribution in [3.05, 3.63) is 35.4 Å². The molecule has 120 valence electrons. The highest BCUT2D eigenvalue weighted by Crippen LogP contribution is 2.02. The second kappa shape index (κ2) is 8.84. The molecule has 0 saturated heterocycles. The Bertz CT molecular complexity index is 646.